The van der Waals surface area contributed by atoms with Crippen LogP contribution in [0.15, 0.2) is 64.8 Å². The van der Waals surface area contributed by atoms with Gasteiger partial charge in [-0.15, -0.1) is 0 Å². The molecule has 6 rings (SSSR count). The Morgan fingerprint density at radius 1 is 1.00 bits per heavy atom. The van der Waals surface area contributed by atoms with Gasteiger partial charge in [0, 0.05) is 22.8 Å². The van der Waals surface area contributed by atoms with Crippen LogP contribution in [0.3, 0.4) is 0 Å². The molecule has 0 radical (unpaired) electrons. The summed E-state index contributed by atoms with van der Waals surface area (Å²) in [6, 6.07) is 14.8. The van der Waals surface area contributed by atoms with Crippen molar-refractivity contribution in [1.82, 2.24) is 0 Å². The first-order valence-corrected chi connectivity index (χ1v) is 14.0. The quantitative estimate of drug-likeness (QED) is 0.257. The van der Waals surface area contributed by atoms with Crippen LogP contribution in [-0.2, 0) is 13.0 Å². The van der Waals surface area contributed by atoms with Gasteiger partial charge in [-0.3, -0.25) is 0 Å². The minimum Gasteiger partial charge on any atom is -0.508 e. The van der Waals surface area contributed by atoms with Crippen LogP contribution in [-0.4, -0.2) is 24.1 Å². The van der Waals surface area contributed by atoms with Gasteiger partial charge in [0.05, 0.1) is 13.3 Å². The van der Waals surface area contributed by atoms with Crippen molar-refractivity contribution in [2.75, 3.05) is 7.11 Å². The van der Waals surface area contributed by atoms with Crippen LogP contribution >= 0.6 is 0 Å². The van der Waals surface area contributed by atoms with Crippen LogP contribution in [0.5, 0.6) is 17.2 Å². The number of aromatic hydroxyl groups is 1. The van der Waals surface area contributed by atoms with Crippen molar-refractivity contribution < 1.29 is 23.4 Å². The minimum absolute atomic E-state index is 0.0210. The molecule has 2 saturated carbocycles. The van der Waals surface area contributed by atoms with E-state index in [1.165, 1.54) is 22.9 Å². The summed E-state index contributed by atoms with van der Waals surface area (Å²) in [4.78, 5) is 0. The monoisotopic (exact) mass is 544 g/mol. The van der Waals surface area contributed by atoms with E-state index >= 15 is 0 Å². The van der Waals surface area contributed by atoms with Crippen molar-refractivity contribution in [3.05, 3.63) is 88.5 Å². The van der Waals surface area contributed by atoms with Crippen LogP contribution in [0.4, 0.5) is 8.78 Å². The van der Waals surface area contributed by atoms with E-state index in [0.717, 1.165) is 61.8 Å². The third-order valence-electron chi connectivity index (χ3n) is 9.42. The molecule has 0 heterocycles. The summed E-state index contributed by atoms with van der Waals surface area (Å²) in [6.45, 7) is 2.44. The van der Waals surface area contributed by atoms with Gasteiger partial charge in [0.25, 0.3) is 0 Å². The molecule has 5 nitrogen and oxygen atoms in total. The Labute approximate surface area is 233 Å². The van der Waals surface area contributed by atoms with Crippen molar-refractivity contribution in [1.29, 1.82) is 0 Å². The maximum absolute atomic E-state index is 14.0. The molecule has 0 saturated heterocycles. The maximum atomic E-state index is 14.0. The molecule has 40 heavy (non-hydrogen) atoms. The van der Waals surface area contributed by atoms with Crippen LogP contribution in [0.1, 0.15) is 67.2 Å². The number of methoxy groups -OCH3 is 1. The predicted octanol–water partition coefficient (Wildman–Crippen LogP) is 7.59. The summed E-state index contributed by atoms with van der Waals surface area (Å²) in [7, 11) is 1.57. The zero-order chi connectivity index (χ0) is 27.9. The van der Waals surface area contributed by atoms with Crippen LogP contribution in [0.2, 0.25) is 0 Å². The molecule has 3 aliphatic carbocycles. The lowest BCUT2D eigenvalue weighted by Crippen LogP contribution is -2.42. The lowest BCUT2D eigenvalue weighted by atomic mass is 9.55. The van der Waals surface area contributed by atoms with E-state index in [1.807, 2.05) is 30.3 Å². The number of phenols is 1. The number of benzene rings is 3. The van der Waals surface area contributed by atoms with Gasteiger partial charge < -0.3 is 14.6 Å². The molecule has 2 fully saturated rings. The van der Waals surface area contributed by atoms with Crippen LogP contribution in [0.25, 0.3) is 0 Å². The topological polar surface area (TPSA) is 63.4 Å². The highest BCUT2D eigenvalue weighted by atomic mass is 19.1. The fraction of sp³-hybridized carbons (Fsp3) is 0.394. The highest BCUT2D eigenvalue weighted by Crippen LogP contribution is 2.60. The SMILES string of the molecule is COc1ccc(/C=N/N=C2\CCC3C4CCc5cc(O)ccc5C4CC[C@]23C)cc1COc1ccc(F)cc1F. The Hall–Kier alpha value is -3.74. The van der Waals surface area contributed by atoms with Crippen molar-refractivity contribution >= 4 is 11.9 Å². The standard InChI is InChI=1S/C33H34F2N2O3/c1-33-14-13-26-25-8-6-24(38)16-21(25)4-7-27(26)28(33)9-12-32(33)37-36-18-20-3-10-30(39-2)22(15-20)19-40-31-11-5-23(34)17-29(31)35/h3,5-6,8,10-11,15-18,26-28,38H,4,7,9,12-14,19H2,1-2H3/b36-18+,37-32+/t26?,27?,28?,33-/m0/s1. The molecule has 0 aromatic heterocycles. The normalized spacial score (nSPS) is 26.4. The highest BCUT2D eigenvalue weighted by molar-refractivity contribution is 5.93. The van der Waals surface area contributed by atoms with Gasteiger partial charge >= 0.3 is 0 Å². The third-order valence-corrected chi connectivity index (χ3v) is 9.42. The number of aryl methyl sites for hydroxylation is 1. The van der Waals surface area contributed by atoms with Gasteiger partial charge in [-0.1, -0.05) is 13.0 Å². The molecule has 3 aliphatic rings. The number of ether oxygens (including phenoxy) is 2. The van der Waals surface area contributed by atoms with Crippen LogP contribution in [0, 0.1) is 28.9 Å². The van der Waals surface area contributed by atoms with Crippen molar-refractivity contribution in [2.24, 2.45) is 27.5 Å². The van der Waals surface area contributed by atoms with Gasteiger partial charge in [-0.25, -0.2) is 8.78 Å². The molecule has 0 bridgehead atoms. The van der Waals surface area contributed by atoms with Crippen LogP contribution < -0.4 is 9.47 Å². The maximum Gasteiger partial charge on any atom is 0.167 e. The van der Waals surface area contributed by atoms with Gasteiger partial charge in [-0.05, 0) is 115 Å². The third kappa shape index (κ3) is 4.87. The van der Waals surface area contributed by atoms with E-state index in [1.54, 1.807) is 13.3 Å². The first-order chi connectivity index (χ1) is 19.4. The van der Waals surface area contributed by atoms with E-state index < -0.39 is 11.6 Å². The fourth-order valence-electron chi connectivity index (χ4n) is 7.43. The smallest absolute Gasteiger partial charge is 0.167 e. The molecule has 3 unspecified atom stereocenters. The molecule has 4 atom stereocenters. The number of fused-ring (bicyclic) bond motifs is 5. The number of nitrogens with zero attached hydrogens (tertiary/aromatic N) is 2. The van der Waals surface area contributed by atoms with Crippen molar-refractivity contribution in [3.8, 4) is 17.2 Å². The summed E-state index contributed by atoms with van der Waals surface area (Å²) in [6.07, 6.45) is 8.26. The Morgan fingerprint density at radius 3 is 2.67 bits per heavy atom. The molecule has 3 aromatic carbocycles. The molecule has 3 aromatic rings. The van der Waals surface area contributed by atoms with Gasteiger partial charge in [0.1, 0.15) is 23.9 Å². The first-order valence-electron chi connectivity index (χ1n) is 14.0. The van der Waals surface area contributed by atoms with E-state index in [-0.39, 0.29) is 17.8 Å². The van der Waals surface area contributed by atoms with E-state index in [9.17, 15) is 13.9 Å². The average Bonchev–Trinajstić information content (AvgIpc) is 3.28. The van der Waals surface area contributed by atoms with Crippen molar-refractivity contribution in [2.45, 2.75) is 58.0 Å². The van der Waals surface area contributed by atoms with Gasteiger partial charge in [0.15, 0.2) is 11.6 Å². The molecule has 0 amide bonds. The Balaban J connectivity index is 1.17. The zero-order valence-electron chi connectivity index (χ0n) is 22.9. The average molecular weight is 545 g/mol. The second kappa shape index (κ2) is 10.7. The molecular formula is C33H34F2N2O3. The second-order valence-corrected chi connectivity index (χ2v) is 11.5. The molecule has 0 aliphatic heterocycles. The number of hydrogen-bond acceptors (Lipinski definition) is 5. The van der Waals surface area contributed by atoms with E-state index in [2.05, 4.69) is 18.1 Å². The number of halogens is 2. The Morgan fingerprint density at radius 2 is 1.85 bits per heavy atom. The molecule has 1 N–H and O–H groups in total. The Bertz CT molecular complexity index is 1490. The number of rotatable bonds is 6. The predicted molar refractivity (Wildman–Crippen MR) is 151 cm³/mol. The molecule has 208 valence electrons. The van der Waals surface area contributed by atoms with Gasteiger partial charge in [-0.2, -0.15) is 10.2 Å². The summed E-state index contributed by atoms with van der Waals surface area (Å²) in [5, 5.41) is 19.2. The number of hydrogen-bond donors (Lipinski definition) is 1. The second-order valence-electron chi connectivity index (χ2n) is 11.5. The molecular weight excluding hydrogens is 510 g/mol. The summed E-state index contributed by atoms with van der Waals surface area (Å²) in [5.41, 5.74) is 5.55. The number of phenolic OH excluding ortho intramolecular Hbond substituents is 1. The summed E-state index contributed by atoms with van der Waals surface area (Å²) < 4.78 is 38.3. The largest absolute Gasteiger partial charge is 0.508 e. The Kier molecular flexibility index (Phi) is 7.07. The first kappa shape index (κ1) is 26.5. The lowest BCUT2D eigenvalue weighted by Gasteiger charge is -2.49. The van der Waals surface area contributed by atoms with E-state index in [0.29, 0.717) is 29.3 Å². The fourth-order valence-corrected chi connectivity index (χ4v) is 7.43. The lowest BCUT2D eigenvalue weighted by molar-refractivity contribution is 0.0955. The van der Waals surface area contributed by atoms with Crippen molar-refractivity contribution in [3.63, 3.8) is 0 Å². The zero-order valence-corrected chi connectivity index (χ0v) is 22.9. The van der Waals surface area contributed by atoms with E-state index in [4.69, 9.17) is 14.6 Å². The van der Waals surface area contributed by atoms with Gasteiger partial charge in [0.2, 0.25) is 0 Å². The summed E-state index contributed by atoms with van der Waals surface area (Å²) >= 11 is 0. The molecule has 7 heteroatoms. The summed E-state index contributed by atoms with van der Waals surface area (Å²) in [5.74, 6) is 1.36. The molecule has 0 spiro atoms. The highest BCUT2D eigenvalue weighted by Gasteiger charge is 2.53. The minimum atomic E-state index is -0.748.